The SMILES string of the molecule is O=C1CC2(CCN(C(=O)C3(c4ccccc4)CCCCC3)C2)C(=O)N1. The molecule has 1 aromatic rings. The van der Waals surface area contributed by atoms with Crippen LogP contribution in [0.15, 0.2) is 30.3 Å². The van der Waals surface area contributed by atoms with Gasteiger partial charge in [0.2, 0.25) is 17.7 Å². The Kier molecular flexibility index (Phi) is 3.89. The van der Waals surface area contributed by atoms with Crippen molar-refractivity contribution in [2.45, 2.75) is 50.4 Å². The summed E-state index contributed by atoms with van der Waals surface area (Å²) in [6.45, 7) is 0.937. The van der Waals surface area contributed by atoms with Crippen LogP contribution < -0.4 is 5.32 Å². The van der Waals surface area contributed by atoms with E-state index in [0.29, 0.717) is 19.5 Å². The number of nitrogens with one attached hydrogen (secondary N) is 1. The van der Waals surface area contributed by atoms with Crippen molar-refractivity contribution in [2.75, 3.05) is 13.1 Å². The van der Waals surface area contributed by atoms with Gasteiger partial charge in [0.1, 0.15) is 0 Å². The second-order valence-corrected chi connectivity index (χ2v) is 7.82. The molecule has 1 spiro atoms. The van der Waals surface area contributed by atoms with Crippen LogP contribution in [-0.2, 0) is 19.8 Å². The van der Waals surface area contributed by atoms with Crippen molar-refractivity contribution < 1.29 is 14.4 Å². The summed E-state index contributed by atoms with van der Waals surface area (Å²) in [6.07, 6.45) is 5.81. The summed E-state index contributed by atoms with van der Waals surface area (Å²) in [6, 6.07) is 10.1. The first-order valence-corrected chi connectivity index (χ1v) is 9.25. The fourth-order valence-electron chi connectivity index (χ4n) is 4.91. The van der Waals surface area contributed by atoms with E-state index in [4.69, 9.17) is 0 Å². The number of carbonyl (C=O) groups excluding carboxylic acids is 3. The highest BCUT2D eigenvalue weighted by Gasteiger charge is 2.54. The van der Waals surface area contributed by atoms with Crippen LogP contribution in [0, 0.1) is 5.41 Å². The first-order chi connectivity index (χ1) is 12.1. The number of hydrogen-bond acceptors (Lipinski definition) is 3. The molecule has 3 amide bonds. The molecule has 132 valence electrons. The highest BCUT2D eigenvalue weighted by Crippen LogP contribution is 2.44. The number of rotatable bonds is 2. The van der Waals surface area contributed by atoms with Crippen molar-refractivity contribution in [3.63, 3.8) is 0 Å². The van der Waals surface area contributed by atoms with Gasteiger partial charge in [0.15, 0.2) is 0 Å². The van der Waals surface area contributed by atoms with Crippen molar-refractivity contribution in [1.29, 1.82) is 0 Å². The number of likely N-dealkylation sites (tertiary alicyclic amines) is 1. The molecule has 3 fully saturated rings. The molecular formula is C20H24N2O3. The highest BCUT2D eigenvalue weighted by atomic mass is 16.2. The summed E-state index contributed by atoms with van der Waals surface area (Å²) in [5.74, 6) is -0.276. The Morgan fingerprint density at radius 2 is 1.72 bits per heavy atom. The standard InChI is InChI=1S/C20H24N2O3/c23-16-13-19(17(24)21-16)11-12-22(14-19)18(25)20(9-5-2-6-10-20)15-7-3-1-4-8-15/h1,3-4,7-8H,2,5-6,9-14H2,(H,21,23,24). The van der Waals surface area contributed by atoms with Crippen LogP contribution in [-0.4, -0.2) is 35.7 Å². The molecule has 2 aliphatic heterocycles. The fourth-order valence-corrected chi connectivity index (χ4v) is 4.91. The normalized spacial score (nSPS) is 28.4. The average molecular weight is 340 g/mol. The topological polar surface area (TPSA) is 66.5 Å². The second-order valence-electron chi connectivity index (χ2n) is 7.82. The summed E-state index contributed by atoms with van der Waals surface area (Å²) in [4.78, 5) is 39.3. The molecule has 5 heteroatoms. The van der Waals surface area contributed by atoms with Gasteiger partial charge in [-0.05, 0) is 24.8 Å². The highest BCUT2D eigenvalue weighted by molar-refractivity contribution is 6.06. The third-order valence-electron chi connectivity index (χ3n) is 6.32. The van der Waals surface area contributed by atoms with E-state index in [9.17, 15) is 14.4 Å². The van der Waals surface area contributed by atoms with Gasteiger partial charge in [0.25, 0.3) is 0 Å². The van der Waals surface area contributed by atoms with E-state index in [0.717, 1.165) is 31.2 Å². The Morgan fingerprint density at radius 1 is 1.00 bits per heavy atom. The molecule has 3 aliphatic rings. The van der Waals surface area contributed by atoms with Crippen molar-refractivity contribution in [1.82, 2.24) is 10.2 Å². The lowest BCUT2D eigenvalue weighted by atomic mass is 9.68. The summed E-state index contributed by atoms with van der Waals surface area (Å²) >= 11 is 0. The predicted molar refractivity (Wildman–Crippen MR) is 92.6 cm³/mol. The van der Waals surface area contributed by atoms with Crippen LogP contribution in [0.5, 0.6) is 0 Å². The van der Waals surface area contributed by atoms with Crippen molar-refractivity contribution in [2.24, 2.45) is 5.41 Å². The molecule has 5 nitrogen and oxygen atoms in total. The molecule has 0 radical (unpaired) electrons. The lowest BCUT2D eigenvalue weighted by molar-refractivity contribution is -0.138. The summed E-state index contributed by atoms with van der Waals surface area (Å²) < 4.78 is 0. The molecule has 0 bridgehead atoms. The molecule has 2 saturated heterocycles. The zero-order valence-corrected chi connectivity index (χ0v) is 14.4. The molecule has 1 N–H and O–H groups in total. The molecular weight excluding hydrogens is 316 g/mol. The summed E-state index contributed by atoms with van der Waals surface area (Å²) in [5.41, 5.74) is -0.0729. The van der Waals surface area contributed by atoms with Gasteiger partial charge in [0.05, 0.1) is 10.8 Å². The molecule has 4 rings (SSSR count). The monoisotopic (exact) mass is 340 g/mol. The van der Waals surface area contributed by atoms with Crippen LogP contribution in [0.2, 0.25) is 0 Å². The number of hydrogen-bond donors (Lipinski definition) is 1. The van der Waals surface area contributed by atoms with Gasteiger partial charge in [-0.2, -0.15) is 0 Å². The second kappa shape index (κ2) is 5.97. The third-order valence-corrected chi connectivity index (χ3v) is 6.32. The maximum absolute atomic E-state index is 13.6. The van der Waals surface area contributed by atoms with E-state index in [1.165, 1.54) is 6.42 Å². The zero-order chi connectivity index (χ0) is 17.5. The molecule has 1 unspecified atom stereocenters. The largest absolute Gasteiger partial charge is 0.341 e. The molecule has 1 aliphatic carbocycles. The van der Waals surface area contributed by atoms with Crippen LogP contribution in [0.1, 0.15) is 50.5 Å². The van der Waals surface area contributed by atoms with E-state index >= 15 is 0 Å². The fraction of sp³-hybridized carbons (Fsp3) is 0.550. The zero-order valence-electron chi connectivity index (χ0n) is 14.4. The first-order valence-electron chi connectivity index (χ1n) is 9.25. The van der Waals surface area contributed by atoms with Gasteiger partial charge in [-0.25, -0.2) is 0 Å². The number of nitrogens with zero attached hydrogens (tertiary/aromatic N) is 1. The third kappa shape index (κ3) is 2.57. The molecule has 1 saturated carbocycles. The number of carbonyl (C=O) groups is 3. The van der Waals surface area contributed by atoms with E-state index in [2.05, 4.69) is 17.4 Å². The predicted octanol–water partition coefficient (Wildman–Crippen LogP) is 2.15. The molecule has 2 heterocycles. The average Bonchev–Trinajstić information content (AvgIpc) is 3.19. The number of amides is 3. The molecule has 1 aromatic carbocycles. The van der Waals surface area contributed by atoms with Gasteiger partial charge in [-0.15, -0.1) is 0 Å². The smallest absolute Gasteiger partial charge is 0.235 e. The lowest BCUT2D eigenvalue weighted by Crippen LogP contribution is -2.48. The van der Waals surface area contributed by atoms with Gasteiger partial charge >= 0.3 is 0 Å². The Morgan fingerprint density at radius 3 is 2.36 bits per heavy atom. The van der Waals surface area contributed by atoms with Gasteiger partial charge in [-0.1, -0.05) is 49.6 Å². The molecule has 1 atom stereocenters. The molecule has 25 heavy (non-hydrogen) atoms. The van der Waals surface area contributed by atoms with Gasteiger partial charge in [0, 0.05) is 19.5 Å². The summed E-state index contributed by atoms with van der Waals surface area (Å²) in [5, 5.41) is 2.41. The number of imide groups is 1. The Balaban J connectivity index is 1.62. The van der Waals surface area contributed by atoms with Gasteiger partial charge in [-0.3, -0.25) is 19.7 Å². The summed E-state index contributed by atoms with van der Waals surface area (Å²) in [7, 11) is 0. The Bertz CT molecular complexity index is 709. The quantitative estimate of drug-likeness (QED) is 0.839. The molecule has 0 aromatic heterocycles. The minimum Gasteiger partial charge on any atom is -0.341 e. The lowest BCUT2D eigenvalue weighted by Gasteiger charge is -2.39. The van der Waals surface area contributed by atoms with E-state index in [-0.39, 0.29) is 24.1 Å². The van der Waals surface area contributed by atoms with Crippen LogP contribution in [0.4, 0.5) is 0 Å². The Hall–Kier alpha value is -2.17. The van der Waals surface area contributed by atoms with Crippen molar-refractivity contribution in [3.8, 4) is 0 Å². The van der Waals surface area contributed by atoms with Crippen LogP contribution in [0.3, 0.4) is 0 Å². The minimum absolute atomic E-state index is 0.141. The Labute approximate surface area is 147 Å². The van der Waals surface area contributed by atoms with Crippen LogP contribution in [0.25, 0.3) is 0 Å². The van der Waals surface area contributed by atoms with Crippen LogP contribution >= 0.6 is 0 Å². The van der Waals surface area contributed by atoms with Crippen molar-refractivity contribution >= 4 is 17.7 Å². The van der Waals surface area contributed by atoms with Crippen molar-refractivity contribution in [3.05, 3.63) is 35.9 Å². The maximum atomic E-state index is 13.6. The van der Waals surface area contributed by atoms with E-state index in [1.54, 1.807) is 0 Å². The first kappa shape index (κ1) is 16.3. The number of benzene rings is 1. The van der Waals surface area contributed by atoms with Gasteiger partial charge < -0.3 is 4.90 Å². The van der Waals surface area contributed by atoms with E-state index < -0.39 is 10.8 Å². The van der Waals surface area contributed by atoms with E-state index in [1.807, 2.05) is 23.1 Å². The maximum Gasteiger partial charge on any atom is 0.235 e. The minimum atomic E-state index is -0.695.